The SMILES string of the molecule is Cn1nc(Br)c(C2CC2)n1. The second kappa shape index (κ2) is 2.05. The van der Waals surface area contributed by atoms with Crippen LogP contribution in [-0.2, 0) is 7.05 Å². The molecule has 1 aliphatic carbocycles. The van der Waals surface area contributed by atoms with E-state index in [0.717, 1.165) is 10.3 Å². The molecule has 1 aliphatic rings. The Morgan fingerprint density at radius 3 is 2.60 bits per heavy atom. The number of hydrogen-bond acceptors (Lipinski definition) is 2. The standard InChI is InChI=1S/C6H8BrN3/c1-10-8-5(4-2-3-4)6(7)9-10/h4H,2-3H2,1H3. The van der Waals surface area contributed by atoms with Crippen LogP contribution in [0.3, 0.4) is 0 Å². The molecule has 0 aromatic carbocycles. The Morgan fingerprint density at radius 1 is 1.50 bits per heavy atom. The molecule has 0 radical (unpaired) electrons. The summed E-state index contributed by atoms with van der Waals surface area (Å²) in [6, 6.07) is 0. The molecule has 0 atom stereocenters. The van der Waals surface area contributed by atoms with Crippen LogP contribution in [0.4, 0.5) is 0 Å². The largest absolute Gasteiger partial charge is 0.187 e. The maximum absolute atomic E-state index is 4.23. The molecule has 0 N–H and O–H groups in total. The number of nitrogens with zero attached hydrogens (tertiary/aromatic N) is 3. The molecule has 0 amide bonds. The Hall–Kier alpha value is -0.380. The third kappa shape index (κ3) is 0.963. The van der Waals surface area contributed by atoms with Gasteiger partial charge in [-0.2, -0.15) is 9.90 Å². The van der Waals surface area contributed by atoms with Gasteiger partial charge in [-0.1, -0.05) is 0 Å². The molecule has 1 saturated carbocycles. The molecule has 0 spiro atoms. The molecular weight excluding hydrogens is 194 g/mol. The van der Waals surface area contributed by atoms with Gasteiger partial charge in [-0.05, 0) is 28.8 Å². The first-order valence-corrected chi connectivity index (χ1v) is 4.13. The minimum atomic E-state index is 0.683. The van der Waals surface area contributed by atoms with Gasteiger partial charge in [0.25, 0.3) is 0 Å². The molecule has 0 aliphatic heterocycles. The van der Waals surface area contributed by atoms with E-state index in [2.05, 4.69) is 26.1 Å². The monoisotopic (exact) mass is 201 g/mol. The lowest BCUT2D eigenvalue weighted by Gasteiger charge is -1.85. The van der Waals surface area contributed by atoms with Gasteiger partial charge in [0.1, 0.15) is 5.69 Å². The fraction of sp³-hybridized carbons (Fsp3) is 0.667. The molecule has 54 valence electrons. The quantitative estimate of drug-likeness (QED) is 0.690. The van der Waals surface area contributed by atoms with Crippen molar-refractivity contribution < 1.29 is 0 Å². The highest BCUT2D eigenvalue weighted by molar-refractivity contribution is 9.10. The van der Waals surface area contributed by atoms with E-state index >= 15 is 0 Å². The average molecular weight is 202 g/mol. The molecule has 2 rings (SSSR count). The van der Waals surface area contributed by atoms with Crippen molar-refractivity contribution in [3.05, 3.63) is 10.3 Å². The first kappa shape index (κ1) is 6.34. The summed E-state index contributed by atoms with van der Waals surface area (Å²) in [4.78, 5) is 1.61. The zero-order valence-corrected chi connectivity index (χ0v) is 7.30. The van der Waals surface area contributed by atoms with E-state index in [1.54, 1.807) is 4.80 Å². The first-order valence-electron chi connectivity index (χ1n) is 3.34. The number of rotatable bonds is 1. The highest BCUT2D eigenvalue weighted by Crippen LogP contribution is 2.41. The molecule has 4 heteroatoms. The van der Waals surface area contributed by atoms with Gasteiger partial charge in [0, 0.05) is 13.0 Å². The van der Waals surface area contributed by atoms with E-state index in [1.165, 1.54) is 12.8 Å². The fourth-order valence-electron chi connectivity index (χ4n) is 1.00. The maximum Gasteiger partial charge on any atom is 0.151 e. The van der Waals surface area contributed by atoms with Crippen molar-refractivity contribution in [2.24, 2.45) is 7.05 Å². The number of halogens is 1. The Balaban J connectivity index is 2.38. The van der Waals surface area contributed by atoms with E-state index in [1.807, 2.05) is 7.05 Å². The van der Waals surface area contributed by atoms with Crippen molar-refractivity contribution in [2.45, 2.75) is 18.8 Å². The average Bonchev–Trinajstić information content (AvgIpc) is 2.61. The van der Waals surface area contributed by atoms with E-state index in [0.29, 0.717) is 5.92 Å². The van der Waals surface area contributed by atoms with Gasteiger partial charge in [0.2, 0.25) is 0 Å². The minimum Gasteiger partial charge on any atom is -0.187 e. The molecule has 1 fully saturated rings. The van der Waals surface area contributed by atoms with Crippen LogP contribution < -0.4 is 0 Å². The lowest BCUT2D eigenvalue weighted by atomic mass is 10.3. The second-order valence-electron chi connectivity index (χ2n) is 2.64. The topological polar surface area (TPSA) is 30.7 Å². The van der Waals surface area contributed by atoms with Gasteiger partial charge >= 0.3 is 0 Å². The van der Waals surface area contributed by atoms with Gasteiger partial charge in [0.05, 0.1) is 0 Å². The minimum absolute atomic E-state index is 0.683. The second-order valence-corrected chi connectivity index (χ2v) is 3.39. The van der Waals surface area contributed by atoms with Gasteiger partial charge in [-0.3, -0.25) is 0 Å². The van der Waals surface area contributed by atoms with Crippen molar-refractivity contribution in [1.82, 2.24) is 15.0 Å². The lowest BCUT2D eigenvalue weighted by molar-refractivity contribution is 0.643. The van der Waals surface area contributed by atoms with Crippen LogP contribution in [0.5, 0.6) is 0 Å². The Kier molecular flexibility index (Phi) is 1.30. The van der Waals surface area contributed by atoms with Crippen molar-refractivity contribution in [1.29, 1.82) is 0 Å². The summed E-state index contributed by atoms with van der Waals surface area (Å²) in [5.74, 6) is 0.683. The highest BCUT2D eigenvalue weighted by Gasteiger charge is 2.28. The van der Waals surface area contributed by atoms with Crippen LogP contribution in [0.15, 0.2) is 4.60 Å². The number of hydrogen-bond donors (Lipinski definition) is 0. The first-order chi connectivity index (χ1) is 4.77. The zero-order chi connectivity index (χ0) is 7.14. The van der Waals surface area contributed by atoms with Crippen LogP contribution >= 0.6 is 15.9 Å². The van der Waals surface area contributed by atoms with Crippen molar-refractivity contribution in [2.75, 3.05) is 0 Å². The lowest BCUT2D eigenvalue weighted by Crippen LogP contribution is -1.92. The van der Waals surface area contributed by atoms with Gasteiger partial charge < -0.3 is 0 Å². The van der Waals surface area contributed by atoms with Crippen LogP contribution in [0, 0.1) is 0 Å². The van der Waals surface area contributed by atoms with Crippen molar-refractivity contribution >= 4 is 15.9 Å². The Morgan fingerprint density at radius 2 is 2.20 bits per heavy atom. The van der Waals surface area contributed by atoms with Crippen molar-refractivity contribution in [3.63, 3.8) is 0 Å². The molecular formula is C6H8BrN3. The maximum atomic E-state index is 4.23. The predicted octanol–water partition coefficient (Wildman–Crippen LogP) is 1.45. The molecule has 10 heavy (non-hydrogen) atoms. The molecule has 3 nitrogen and oxygen atoms in total. The smallest absolute Gasteiger partial charge is 0.151 e. The van der Waals surface area contributed by atoms with Crippen LogP contribution in [0.2, 0.25) is 0 Å². The van der Waals surface area contributed by atoms with Crippen LogP contribution in [0.1, 0.15) is 24.5 Å². The van der Waals surface area contributed by atoms with Gasteiger partial charge in [0.15, 0.2) is 4.60 Å². The summed E-state index contributed by atoms with van der Waals surface area (Å²) in [6.45, 7) is 0. The highest BCUT2D eigenvalue weighted by atomic mass is 79.9. The summed E-state index contributed by atoms with van der Waals surface area (Å²) >= 11 is 3.36. The Labute approximate surface area is 67.5 Å². The number of aryl methyl sites for hydroxylation is 1. The normalized spacial score (nSPS) is 17.8. The molecule has 1 aromatic rings. The van der Waals surface area contributed by atoms with Gasteiger partial charge in [-0.25, -0.2) is 0 Å². The fourth-order valence-corrected chi connectivity index (χ4v) is 1.64. The molecule has 1 heterocycles. The summed E-state index contributed by atoms with van der Waals surface area (Å²) in [7, 11) is 1.84. The van der Waals surface area contributed by atoms with E-state index < -0.39 is 0 Å². The van der Waals surface area contributed by atoms with E-state index in [9.17, 15) is 0 Å². The van der Waals surface area contributed by atoms with E-state index in [-0.39, 0.29) is 0 Å². The summed E-state index contributed by atoms with van der Waals surface area (Å²) < 4.78 is 0.914. The third-order valence-electron chi connectivity index (χ3n) is 1.66. The van der Waals surface area contributed by atoms with Crippen LogP contribution in [0.25, 0.3) is 0 Å². The predicted molar refractivity (Wildman–Crippen MR) is 40.7 cm³/mol. The van der Waals surface area contributed by atoms with E-state index in [4.69, 9.17) is 0 Å². The Bertz CT molecular complexity index is 251. The summed E-state index contributed by atoms with van der Waals surface area (Å²) in [5.41, 5.74) is 1.13. The van der Waals surface area contributed by atoms with Gasteiger partial charge in [-0.15, -0.1) is 5.10 Å². The zero-order valence-electron chi connectivity index (χ0n) is 5.71. The molecule has 0 saturated heterocycles. The van der Waals surface area contributed by atoms with Crippen molar-refractivity contribution in [3.8, 4) is 0 Å². The third-order valence-corrected chi connectivity index (χ3v) is 2.23. The number of aromatic nitrogens is 3. The van der Waals surface area contributed by atoms with Crippen LogP contribution in [-0.4, -0.2) is 15.0 Å². The molecule has 1 aromatic heterocycles. The summed E-state index contributed by atoms with van der Waals surface area (Å²) in [6.07, 6.45) is 2.55. The molecule has 0 unspecified atom stereocenters. The summed E-state index contributed by atoms with van der Waals surface area (Å²) in [5, 5.41) is 8.33. The molecule has 0 bridgehead atoms.